The van der Waals surface area contributed by atoms with Crippen LogP contribution in [0.15, 0.2) is 42.6 Å². The molecule has 1 unspecified atom stereocenters. The summed E-state index contributed by atoms with van der Waals surface area (Å²) in [6, 6.07) is 10.0. The number of halogens is 1. The summed E-state index contributed by atoms with van der Waals surface area (Å²) in [5, 5.41) is 0. The van der Waals surface area contributed by atoms with E-state index >= 15 is 0 Å². The van der Waals surface area contributed by atoms with Gasteiger partial charge in [-0.25, -0.2) is 17.5 Å². The Morgan fingerprint density at radius 2 is 1.78 bits per heavy atom. The lowest BCUT2D eigenvalue weighted by Crippen LogP contribution is -2.39. The van der Waals surface area contributed by atoms with Crippen LogP contribution in [-0.4, -0.2) is 37.5 Å². The van der Waals surface area contributed by atoms with Crippen molar-refractivity contribution in [2.24, 2.45) is 7.05 Å². The van der Waals surface area contributed by atoms with E-state index in [-0.39, 0.29) is 23.9 Å². The molecule has 2 heterocycles. The lowest BCUT2D eigenvalue weighted by Gasteiger charge is -2.31. The van der Waals surface area contributed by atoms with Gasteiger partial charge in [-0.1, -0.05) is 31.0 Å². The highest BCUT2D eigenvalue weighted by Gasteiger charge is 2.25. The Labute approximate surface area is 161 Å². The van der Waals surface area contributed by atoms with E-state index in [1.54, 1.807) is 12.1 Å². The summed E-state index contributed by atoms with van der Waals surface area (Å²) >= 11 is 0. The van der Waals surface area contributed by atoms with Crippen LogP contribution in [0.2, 0.25) is 0 Å². The van der Waals surface area contributed by atoms with Crippen LogP contribution in [0.1, 0.15) is 43.0 Å². The van der Waals surface area contributed by atoms with Gasteiger partial charge in [0.1, 0.15) is 5.82 Å². The number of rotatable bonds is 7. The Kier molecular flexibility index (Phi) is 6.68. The van der Waals surface area contributed by atoms with Crippen molar-refractivity contribution in [1.82, 2.24) is 14.2 Å². The number of nitrogens with zero attached hydrogens (tertiary/aromatic N) is 2. The number of likely N-dealkylation sites (tertiary alicyclic amines) is 1. The predicted molar refractivity (Wildman–Crippen MR) is 105 cm³/mol. The Morgan fingerprint density at radius 1 is 1.07 bits per heavy atom. The van der Waals surface area contributed by atoms with E-state index in [4.69, 9.17) is 0 Å². The summed E-state index contributed by atoms with van der Waals surface area (Å²) in [6.45, 7) is 2.21. The third-order valence-electron chi connectivity index (χ3n) is 5.21. The zero-order valence-corrected chi connectivity index (χ0v) is 16.6. The van der Waals surface area contributed by atoms with Gasteiger partial charge in [0.25, 0.3) is 0 Å². The maximum atomic E-state index is 13.8. The minimum atomic E-state index is -3.63. The molecule has 27 heavy (non-hydrogen) atoms. The van der Waals surface area contributed by atoms with Crippen LogP contribution in [0.25, 0.3) is 0 Å². The number of aromatic nitrogens is 1. The molecular formula is C20H28FN3O2S. The largest absolute Gasteiger partial charge is 0.353 e. The number of hydrogen-bond donors (Lipinski definition) is 1. The molecule has 1 fully saturated rings. The molecule has 1 atom stereocenters. The molecule has 0 spiro atoms. The molecule has 0 amide bonds. The summed E-state index contributed by atoms with van der Waals surface area (Å²) in [7, 11) is -1.65. The molecule has 7 heteroatoms. The molecule has 0 saturated carbocycles. The van der Waals surface area contributed by atoms with Crippen molar-refractivity contribution in [2.45, 2.75) is 37.5 Å². The van der Waals surface area contributed by atoms with Crippen molar-refractivity contribution < 1.29 is 12.8 Å². The number of nitrogens with one attached hydrogen (secondary N) is 1. The summed E-state index contributed by atoms with van der Waals surface area (Å²) < 4.78 is 43.7. The van der Waals surface area contributed by atoms with E-state index in [2.05, 4.69) is 9.62 Å². The second kappa shape index (κ2) is 8.99. The number of aryl methyl sites for hydroxylation is 1. The fourth-order valence-corrected chi connectivity index (χ4v) is 4.88. The monoisotopic (exact) mass is 393 g/mol. The van der Waals surface area contributed by atoms with Gasteiger partial charge in [0.15, 0.2) is 0 Å². The van der Waals surface area contributed by atoms with Gasteiger partial charge in [-0.15, -0.1) is 0 Å². The van der Waals surface area contributed by atoms with E-state index in [0.717, 1.165) is 31.6 Å². The molecule has 0 aliphatic carbocycles. The van der Waals surface area contributed by atoms with Crippen LogP contribution in [0.5, 0.6) is 0 Å². The van der Waals surface area contributed by atoms with Crippen LogP contribution in [0.3, 0.4) is 0 Å². The molecule has 1 N–H and O–H groups in total. The predicted octanol–water partition coefficient (Wildman–Crippen LogP) is 3.20. The fraction of sp³-hybridized carbons (Fsp3) is 0.500. The zero-order valence-electron chi connectivity index (χ0n) is 15.8. The van der Waals surface area contributed by atoms with Crippen molar-refractivity contribution in [3.63, 3.8) is 0 Å². The normalized spacial score (nSPS) is 17.6. The summed E-state index contributed by atoms with van der Waals surface area (Å²) in [4.78, 5) is 2.37. The summed E-state index contributed by atoms with van der Waals surface area (Å²) in [5.41, 5.74) is 1.28. The van der Waals surface area contributed by atoms with Crippen LogP contribution in [-0.2, 0) is 22.8 Å². The van der Waals surface area contributed by atoms with E-state index in [0.29, 0.717) is 0 Å². The first-order valence-electron chi connectivity index (χ1n) is 9.52. The van der Waals surface area contributed by atoms with Crippen LogP contribution < -0.4 is 4.72 Å². The molecule has 0 radical (unpaired) electrons. The van der Waals surface area contributed by atoms with E-state index in [9.17, 15) is 12.8 Å². The van der Waals surface area contributed by atoms with E-state index in [1.165, 1.54) is 25.0 Å². The minimum Gasteiger partial charge on any atom is -0.353 e. The first kappa shape index (κ1) is 20.0. The summed E-state index contributed by atoms with van der Waals surface area (Å²) in [6.07, 6.45) is 6.67. The average Bonchev–Trinajstić information content (AvgIpc) is 2.88. The van der Waals surface area contributed by atoms with Gasteiger partial charge in [-0.2, -0.15) is 0 Å². The van der Waals surface area contributed by atoms with Gasteiger partial charge in [0, 0.05) is 31.0 Å². The number of sulfonamides is 1. The van der Waals surface area contributed by atoms with E-state index in [1.807, 2.05) is 29.9 Å². The minimum absolute atomic E-state index is 0.0292. The molecule has 3 rings (SSSR count). The van der Waals surface area contributed by atoms with Crippen LogP contribution >= 0.6 is 0 Å². The van der Waals surface area contributed by atoms with Crippen LogP contribution in [0.4, 0.5) is 4.39 Å². The Hall–Kier alpha value is -1.70. The molecule has 1 aromatic carbocycles. The SMILES string of the molecule is Cn1cccc1C(CNS(=O)(=O)Cc1ccccc1F)N1CCCCCC1. The Balaban J connectivity index is 1.74. The van der Waals surface area contributed by atoms with E-state index < -0.39 is 15.8 Å². The van der Waals surface area contributed by atoms with Crippen molar-refractivity contribution in [1.29, 1.82) is 0 Å². The van der Waals surface area contributed by atoms with Gasteiger partial charge in [-0.05, 0) is 44.1 Å². The maximum absolute atomic E-state index is 13.8. The highest BCUT2D eigenvalue weighted by atomic mass is 32.2. The molecule has 1 aromatic heterocycles. The highest BCUT2D eigenvalue weighted by Crippen LogP contribution is 2.24. The zero-order chi connectivity index (χ0) is 19.3. The lowest BCUT2D eigenvalue weighted by atomic mass is 10.1. The molecule has 5 nitrogen and oxygen atoms in total. The Morgan fingerprint density at radius 3 is 2.41 bits per heavy atom. The maximum Gasteiger partial charge on any atom is 0.215 e. The van der Waals surface area contributed by atoms with Crippen molar-refractivity contribution in [2.75, 3.05) is 19.6 Å². The molecule has 0 bridgehead atoms. The smallest absolute Gasteiger partial charge is 0.215 e. The first-order valence-corrected chi connectivity index (χ1v) is 11.2. The second-order valence-electron chi connectivity index (χ2n) is 7.21. The molecule has 1 aliphatic rings. The molecule has 148 valence electrons. The quantitative estimate of drug-likeness (QED) is 0.786. The number of hydrogen-bond acceptors (Lipinski definition) is 3. The lowest BCUT2D eigenvalue weighted by molar-refractivity contribution is 0.199. The van der Waals surface area contributed by atoms with Crippen molar-refractivity contribution in [3.8, 4) is 0 Å². The summed E-state index contributed by atoms with van der Waals surface area (Å²) in [5.74, 6) is -0.839. The van der Waals surface area contributed by atoms with Crippen LogP contribution in [0, 0.1) is 5.82 Å². The average molecular weight is 394 g/mol. The second-order valence-corrected chi connectivity index (χ2v) is 9.02. The van der Waals surface area contributed by atoms with Gasteiger partial charge >= 0.3 is 0 Å². The fourth-order valence-electron chi connectivity index (χ4n) is 3.73. The van der Waals surface area contributed by atoms with Crippen molar-refractivity contribution >= 4 is 10.0 Å². The Bertz CT molecular complexity index is 842. The topological polar surface area (TPSA) is 54.3 Å². The highest BCUT2D eigenvalue weighted by molar-refractivity contribution is 7.88. The third kappa shape index (κ3) is 5.40. The molecular weight excluding hydrogens is 365 g/mol. The standard InChI is InChI=1S/C20H28FN3O2S/c1-23-12-8-11-19(23)20(24-13-6-2-3-7-14-24)15-22-27(25,26)16-17-9-4-5-10-18(17)21/h4-5,8-12,20,22H,2-3,6-7,13-16H2,1H3. The van der Waals surface area contributed by atoms with Gasteiger partial charge in [-0.3, -0.25) is 4.90 Å². The molecule has 1 saturated heterocycles. The molecule has 1 aliphatic heterocycles. The van der Waals surface area contributed by atoms with Gasteiger partial charge in [0.05, 0.1) is 11.8 Å². The van der Waals surface area contributed by atoms with Crippen molar-refractivity contribution in [3.05, 3.63) is 59.7 Å². The van der Waals surface area contributed by atoms with Gasteiger partial charge < -0.3 is 4.57 Å². The van der Waals surface area contributed by atoms with Gasteiger partial charge in [0.2, 0.25) is 10.0 Å². The first-order chi connectivity index (χ1) is 13.0. The molecule has 2 aromatic rings. The third-order valence-corrected chi connectivity index (χ3v) is 6.50. The number of benzene rings is 1.